The summed E-state index contributed by atoms with van der Waals surface area (Å²) in [5.74, 6) is 0.0227. The molecule has 110 valence electrons. The first kappa shape index (κ1) is 15.4. The zero-order chi connectivity index (χ0) is 15.2. The molecule has 6 N–H and O–H groups in total. The summed E-state index contributed by atoms with van der Waals surface area (Å²) in [5, 5.41) is 8.46. The van der Waals surface area contributed by atoms with Gasteiger partial charge in [0.15, 0.2) is 5.16 Å². The molecule has 0 spiro atoms. The van der Waals surface area contributed by atoms with Crippen molar-refractivity contribution in [2.75, 3.05) is 16.8 Å². The van der Waals surface area contributed by atoms with E-state index in [0.29, 0.717) is 10.8 Å². The summed E-state index contributed by atoms with van der Waals surface area (Å²) in [6, 6.07) is 8.33. The molecule has 1 heterocycles. The molecule has 1 aromatic heterocycles. The summed E-state index contributed by atoms with van der Waals surface area (Å²) in [6.07, 6.45) is 0. The number of hydrogen-bond donors (Lipinski definition) is 4. The van der Waals surface area contributed by atoms with Gasteiger partial charge in [-0.15, -0.1) is 0 Å². The number of carbonyl (C=O) groups excluding carboxylic acids is 1. The van der Waals surface area contributed by atoms with Gasteiger partial charge in [-0.2, -0.15) is 0 Å². The van der Waals surface area contributed by atoms with Crippen molar-refractivity contribution >= 4 is 41.1 Å². The first-order valence-electron chi connectivity index (χ1n) is 5.83. The molecule has 2 rings (SSSR count). The molecule has 1 aromatic carbocycles. The maximum atomic E-state index is 11.8. The van der Waals surface area contributed by atoms with Crippen LogP contribution in [0, 0.1) is 0 Å². The Hall–Kier alpha value is -1.97. The molecule has 0 bridgehead atoms. The van der Waals surface area contributed by atoms with Gasteiger partial charge in [-0.25, -0.2) is 4.98 Å². The predicted octanol–water partition coefficient (Wildman–Crippen LogP) is 1.05. The predicted molar refractivity (Wildman–Crippen MR) is 85.1 cm³/mol. The largest absolute Gasteiger partial charge is 0.383 e. The number of benzene rings is 1. The molecule has 2 aromatic rings. The van der Waals surface area contributed by atoms with E-state index in [1.54, 1.807) is 12.1 Å². The summed E-state index contributed by atoms with van der Waals surface area (Å²) in [6.45, 7) is 0. The second-order valence-corrected chi connectivity index (χ2v) is 5.63. The van der Waals surface area contributed by atoms with Gasteiger partial charge >= 0.3 is 0 Å². The fourth-order valence-corrected chi connectivity index (χ4v) is 2.45. The number of amides is 1. The van der Waals surface area contributed by atoms with E-state index in [-0.39, 0.29) is 23.0 Å². The highest BCUT2D eigenvalue weighted by Crippen LogP contribution is 2.17. The lowest BCUT2D eigenvalue weighted by molar-refractivity contribution is -0.113. The lowest BCUT2D eigenvalue weighted by atomic mass is 10.3. The molecule has 1 amide bonds. The number of aromatic nitrogens is 2. The number of rotatable bonds is 5. The highest BCUT2D eigenvalue weighted by atomic mass is 32.2. The summed E-state index contributed by atoms with van der Waals surface area (Å²) in [5.41, 5.74) is 5.79. The summed E-state index contributed by atoms with van der Waals surface area (Å²) in [4.78, 5) is 30.3. The molecule has 7 nitrogen and oxygen atoms in total. The van der Waals surface area contributed by atoms with Crippen molar-refractivity contribution in [3.8, 4) is 0 Å². The van der Waals surface area contributed by atoms with E-state index < -0.39 is 0 Å². The van der Waals surface area contributed by atoms with Crippen LogP contribution in [0.3, 0.4) is 0 Å². The number of nitrogen functional groups attached to an aromatic ring is 1. The van der Waals surface area contributed by atoms with Crippen LogP contribution in [-0.2, 0) is 4.79 Å². The van der Waals surface area contributed by atoms with Crippen LogP contribution in [0.1, 0.15) is 0 Å². The van der Waals surface area contributed by atoms with E-state index in [1.807, 2.05) is 12.1 Å². The van der Waals surface area contributed by atoms with E-state index in [4.69, 9.17) is 10.9 Å². The molecule has 0 saturated heterocycles. The number of aromatic amines is 1. The Morgan fingerprint density at radius 1 is 1.33 bits per heavy atom. The minimum Gasteiger partial charge on any atom is -0.383 e. The standard InChI is InChI=1S/C12H13N5O2S2/c13-9-5-10(18)17-12(16-9)20-6-11(19)15-7-1-3-8(21-14)4-2-7/h1-5H,6,14H2,(H,15,19)(H3,13,16,17,18). The van der Waals surface area contributed by atoms with Gasteiger partial charge in [-0.1, -0.05) is 11.8 Å². The molecule has 21 heavy (non-hydrogen) atoms. The van der Waals surface area contributed by atoms with Gasteiger partial charge in [-0.3, -0.25) is 14.7 Å². The van der Waals surface area contributed by atoms with E-state index in [9.17, 15) is 9.59 Å². The molecule has 0 aliphatic carbocycles. The van der Waals surface area contributed by atoms with Gasteiger partial charge in [-0.05, 0) is 36.2 Å². The van der Waals surface area contributed by atoms with Crippen molar-refractivity contribution in [2.45, 2.75) is 10.1 Å². The van der Waals surface area contributed by atoms with Crippen LogP contribution in [-0.4, -0.2) is 21.6 Å². The minimum atomic E-state index is -0.347. The van der Waals surface area contributed by atoms with E-state index in [0.717, 1.165) is 28.6 Å². The molecule has 0 aliphatic heterocycles. The Kier molecular flexibility index (Phi) is 5.26. The van der Waals surface area contributed by atoms with Crippen LogP contribution in [0.5, 0.6) is 0 Å². The molecule has 9 heteroatoms. The monoisotopic (exact) mass is 323 g/mol. The first-order valence-corrected chi connectivity index (χ1v) is 7.69. The topological polar surface area (TPSA) is 127 Å². The van der Waals surface area contributed by atoms with Gasteiger partial charge < -0.3 is 16.0 Å². The second kappa shape index (κ2) is 7.16. The average Bonchev–Trinajstić information content (AvgIpc) is 2.45. The minimum absolute atomic E-state index is 0.111. The summed E-state index contributed by atoms with van der Waals surface area (Å²) in [7, 11) is 0. The third kappa shape index (κ3) is 4.81. The Morgan fingerprint density at radius 3 is 2.67 bits per heavy atom. The third-order valence-electron chi connectivity index (χ3n) is 2.35. The fraction of sp³-hybridized carbons (Fsp3) is 0.0833. The molecule has 0 atom stereocenters. The number of carbonyl (C=O) groups is 1. The number of hydrogen-bond acceptors (Lipinski definition) is 7. The maximum absolute atomic E-state index is 11.8. The van der Waals surface area contributed by atoms with Crippen molar-refractivity contribution in [3.63, 3.8) is 0 Å². The number of nitrogens with zero attached hydrogens (tertiary/aromatic N) is 1. The second-order valence-electron chi connectivity index (χ2n) is 3.95. The van der Waals surface area contributed by atoms with E-state index in [1.165, 1.54) is 6.07 Å². The zero-order valence-corrected chi connectivity index (χ0v) is 12.5. The van der Waals surface area contributed by atoms with Crippen LogP contribution in [0.25, 0.3) is 0 Å². The molecule has 0 aliphatic rings. The highest BCUT2D eigenvalue weighted by molar-refractivity contribution is 7.99. The molecule has 0 unspecified atom stereocenters. The zero-order valence-electron chi connectivity index (χ0n) is 10.8. The Morgan fingerprint density at radius 2 is 2.05 bits per heavy atom. The van der Waals surface area contributed by atoms with Gasteiger partial charge in [0.1, 0.15) is 5.82 Å². The average molecular weight is 323 g/mol. The van der Waals surface area contributed by atoms with Crippen LogP contribution in [0.15, 0.2) is 45.2 Å². The highest BCUT2D eigenvalue weighted by Gasteiger charge is 2.06. The van der Waals surface area contributed by atoms with E-state index in [2.05, 4.69) is 15.3 Å². The number of thioether (sulfide) groups is 1. The van der Waals surface area contributed by atoms with E-state index >= 15 is 0 Å². The van der Waals surface area contributed by atoms with Crippen LogP contribution in [0.2, 0.25) is 0 Å². The molecule has 0 saturated carbocycles. The Balaban J connectivity index is 1.90. The Bertz CT molecular complexity index is 687. The molecular formula is C12H13N5O2S2. The first-order chi connectivity index (χ1) is 10.1. The smallest absolute Gasteiger partial charge is 0.253 e. The fourth-order valence-electron chi connectivity index (χ4n) is 1.47. The maximum Gasteiger partial charge on any atom is 0.253 e. The van der Waals surface area contributed by atoms with Crippen molar-refractivity contribution in [1.82, 2.24) is 9.97 Å². The summed E-state index contributed by atoms with van der Waals surface area (Å²) >= 11 is 2.24. The molecule has 0 fully saturated rings. The van der Waals surface area contributed by atoms with Crippen LogP contribution in [0.4, 0.5) is 11.5 Å². The van der Waals surface area contributed by atoms with Gasteiger partial charge in [0.2, 0.25) is 5.91 Å². The van der Waals surface area contributed by atoms with Gasteiger partial charge in [0.25, 0.3) is 5.56 Å². The summed E-state index contributed by atoms with van der Waals surface area (Å²) < 4.78 is 0. The normalized spacial score (nSPS) is 10.3. The lowest BCUT2D eigenvalue weighted by Crippen LogP contribution is -2.15. The van der Waals surface area contributed by atoms with Crippen molar-refractivity contribution < 1.29 is 4.79 Å². The van der Waals surface area contributed by atoms with Crippen molar-refractivity contribution in [1.29, 1.82) is 0 Å². The Labute approximate surface area is 129 Å². The van der Waals surface area contributed by atoms with Crippen molar-refractivity contribution in [2.24, 2.45) is 5.14 Å². The number of nitrogens with two attached hydrogens (primary N) is 2. The molecular weight excluding hydrogens is 310 g/mol. The lowest BCUT2D eigenvalue weighted by Gasteiger charge is -2.05. The van der Waals surface area contributed by atoms with Gasteiger partial charge in [0.05, 0.1) is 5.75 Å². The van der Waals surface area contributed by atoms with Gasteiger partial charge in [0, 0.05) is 16.6 Å². The number of nitrogens with one attached hydrogen (secondary N) is 2. The SMILES string of the molecule is NSc1ccc(NC(=O)CSc2nc(N)cc(=O)[nH]2)cc1. The van der Waals surface area contributed by atoms with Crippen LogP contribution >= 0.6 is 23.7 Å². The number of H-pyrrole nitrogens is 1. The molecule has 0 radical (unpaired) electrons. The number of anilines is 2. The van der Waals surface area contributed by atoms with Crippen LogP contribution < -0.4 is 21.7 Å². The van der Waals surface area contributed by atoms with Crippen molar-refractivity contribution in [3.05, 3.63) is 40.7 Å². The quantitative estimate of drug-likeness (QED) is 0.368. The third-order valence-corrected chi connectivity index (χ3v) is 3.77.